The van der Waals surface area contributed by atoms with Gasteiger partial charge in [0.15, 0.2) is 6.10 Å². The van der Waals surface area contributed by atoms with Crippen molar-refractivity contribution in [1.82, 2.24) is 0 Å². The highest BCUT2D eigenvalue weighted by atomic mass is 32.2. The topological polar surface area (TPSA) is 93.7 Å². The summed E-state index contributed by atoms with van der Waals surface area (Å²) in [5, 5.41) is 4.92. The molecule has 0 spiro atoms. The highest BCUT2D eigenvalue weighted by molar-refractivity contribution is 7.92. The van der Waals surface area contributed by atoms with Crippen molar-refractivity contribution >= 4 is 38.1 Å². The Hall–Kier alpha value is -4.04. The van der Waals surface area contributed by atoms with Crippen LogP contribution in [0.1, 0.15) is 18.9 Å². The van der Waals surface area contributed by atoms with Crippen LogP contribution >= 0.6 is 0 Å². The first-order chi connectivity index (χ1) is 17.3. The maximum atomic E-state index is 12.9. The van der Waals surface area contributed by atoms with Crippen LogP contribution in [0.2, 0.25) is 0 Å². The average Bonchev–Trinajstić information content (AvgIpc) is 2.87. The van der Waals surface area contributed by atoms with Crippen LogP contribution in [0.15, 0.2) is 89.8 Å². The van der Waals surface area contributed by atoms with Gasteiger partial charge in [0.05, 0.1) is 17.7 Å². The second-order valence-electron chi connectivity index (χ2n) is 8.35. The third-order valence-corrected chi connectivity index (χ3v) is 7.08. The van der Waals surface area contributed by atoms with Crippen LogP contribution in [0.4, 0.5) is 11.4 Å². The maximum absolute atomic E-state index is 12.9. The van der Waals surface area contributed by atoms with Gasteiger partial charge in [-0.3, -0.25) is 9.52 Å². The van der Waals surface area contributed by atoms with Gasteiger partial charge in [-0.05, 0) is 78.2 Å². The number of anilines is 2. The van der Waals surface area contributed by atoms with E-state index in [4.69, 9.17) is 9.47 Å². The highest BCUT2D eigenvalue weighted by Gasteiger charge is 2.20. The predicted octanol–water partition coefficient (Wildman–Crippen LogP) is 5.75. The minimum absolute atomic E-state index is 0.0588. The van der Waals surface area contributed by atoms with Gasteiger partial charge < -0.3 is 14.8 Å². The average molecular weight is 505 g/mol. The molecule has 4 aromatic carbocycles. The van der Waals surface area contributed by atoms with Gasteiger partial charge in [0.25, 0.3) is 15.9 Å². The molecule has 0 heterocycles. The lowest BCUT2D eigenvalue weighted by atomic mass is 10.1. The summed E-state index contributed by atoms with van der Waals surface area (Å²) in [5.74, 6) is 0.712. The van der Waals surface area contributed by atoms with Crippen LogP contribution < -0.4 is 19.5 Å². The minimum Gasteiger partial charge on any atom is -0.495 e. The van der Waals surface area contributed by atoms with E-state index in [0.717, 1.165) is 16.3 Å². The first-order valence-corrected chi connectivity index (χ1v) is 13.0. The fourth-order valence-corrected chi connectivity index (χ4v) is 4.83. The zero-order valence-electron chi connectivity index (χ0n) is 20.3. The van der Waals surface area contributed by atoms with Crippen molar-refractivity contribution < 1.29 is 22.7 Å². The molecule has 0 aliphatic carbocycles. The summed E-state index contributed by atoms with van der Waals surface area (Å²) in [5.41, 5.74) is 1.71. The monoisotopic (exact) mass is 504 g/mol. The molecular weight excluding hydrogens is 476 g/mol. The number of methoxy groups -OCH3 is 1. The summed E-state index contributed by atoms with van der Waals surface area (Å²) in [6.45, 7) is 3.73. The number of aryl methyl sites for hydroxylation is 1. The maximum Gasteiger partial charge on any atom is 0.265 e. The molecule has 4 rings (SSSR count). The molecule has 0 saturated carbocycles. The predicted molar refractivity (Wildman–Crippen MR) is 142 cm³/mol. The van der Waals surface area contributed by atoms with Crippen LogP contribution in [-0.2, 0) is 14.8 Å². The fourth-order valence-electron chi connectivity index (χ4n) is 3.77. The first-order valence-electron chi connectivity index (χ1n) is 11.5. The second-order valence-corrected chi connectivity index (χ2v) is 10.0. The Balaban J connectivity index is 1.44. The second kappa shape index (κ2) is 10.7. The summed E-state index contributed by atoms with van der Waals surface area (Å²) in [4.78, 5) is 12.9. The van der Waals surface area contributed by atoms with Crippen molar-refractivity contribution in [3.8, 4) is 11.5 Å². The number of rotatable bonds is 9. The number of benzene rings is 4. The Morgan fingerprint density at radius 1 is 0.917 bits per heavy atom. The summed E-state index contributed by atoms with van der Waals surface area (Å²) >= 11 is 0. The van der Waals surface area contributed by atoms with Gasteiger partial charge in [-0.1, -0.05) is 43.3 Å². The molecular formula is C28H28N2O5S. The normalized spacial score (nSPS) is 12.1. The van der Waals surface area contributed by atoms with Crippen molar-refractivity contribution in [2.24, 2.45) is 0 Å². The van der Waals surface area contributed by atoms with Gasteiger partial charge in [0.1, 0.15) is 11.5 Å². The number of hydrogen-bond acceptors (Lipinski definition) is 5. The molecule has 0 saturated heterocycles. The van der Waals surface area contributed by atoms with Gasteiger partial charge in [-0.25, -0.2) is 8.42 Å². The van der Waals surface area contributed by atoms with Crippen molar-refractivity contribution in [3.05, 3.63) is 90.5 Å². The lowest BCUT2D eigenvalue weighted by molar-refractivity contribution is -0.122. The van der Waals surface area contributed by atoms with E-state index in [1.165, 1.54) is 19.2 Å². The number of carbonyl (C=O) groups excluding carboxylic acids is 1. The van der Waals surface area contributed by atoms with E-state index in [2.05, 4.69) is 10.0 Å². The molecule has 0 aliphatic rings. The van der Waals surface area contributed by atoms with E-state index >= 15 is 0 Å². The third-order valence-electron chi connectivity index (χ3n) is 5.69. The van der Waals surface area contributed by atoms with Crippen LogP contribution in [0.5, 0.6) is 11.5 Å². The Kier molecular flexibility index (Phi) is 7.45. The Morgan fingerprint density at radius 3 is 2.33 bits per heavy atom. The van der Waals surface area contributed by atoms with Gasteiger partial charge in [0, 0.05) is 5.69 Å². The Labute approximate surface area is 211 Å². The molecule has 0 fully saturated rings. The van der Waals surface area contributed by atoms with Crippen molar-refractivity contribution in [2.75, 3.05) is 17.1 Å². The van der Waals surface area contributed by atoms with E-state index in [-0.39, 0.29) is 10.8 Å². The molecule has 1 unspecified atom stereocenters. The van der Waals surface area contributed by atoms with Gasteiger partial charge >= 0.3 is 0 Å². The molecule has 0 aromatic heterocycles. The zero-order chi connectivity index (χ0) is 25.7. The molecule has 1 amide bonds. The van der Waals surface area contributed by atoms with E-state index < -0.39 is 16.1 Å². The molecule has 186 valence electrons. The van der Waals surface area contributed by atoms with E-state index in [1.54, 1.807) is 24.3 Å². The van der Waals surface area contributed by atoms with Crippen LogP contribution in [-0.4, -0.2) is 27.5 Å². The number of carbonyl (C=O) groups is 1. The number of fused-ring (bicyclic) bond motifs is 1. The molecule has 2 N–H and O–H groups in total. The highest BCUT2D eigenvalue weighted by Crippen LogP contribution is 2.28. The minimum atomic E-state index is -3.85. The number of sulfonamides is 1. The van der Waals surface area contributed by atoms with Crippen LogP contribution in [0.25, 0.3) is 10.8 Å². The summed E-state index contributed by atoms with van der Waals surface area (Å²) in [6, 6.07) is 24.8. The van der Waals surface area contributed by atoms with Crippen LogP contribution in [0.3, 0.4) is 0 Å². The molecule has 1 atom stereocenters. The smallest absolute Gasteiger partial charge is 0.265 e. The molecule has 8 heteroatoms. The number of ether oxygens (including phenoxy) is 2. The quantitative estimate of drug-likeness (QED) is 0.303. The summed E-state index contributed by atoms with van der Waals surface area (Å²) in [6.07, 6.45) is -0.238. The van der Waals surface area contributed by atoms with Crippen molar-refractivity contribution in [3.63, 3.8) is 0 Å². The number of hydrogen-bond donors (Lipinski definition) is 2. The van der Waals surface area contributed by atoms with Gasteiger partial charge in [-0.2, -0.15) is 0 Å². The standard InChI is InChI=1S/C28H28N2O5S/c1-4-26(35-23-13-10-20-7-5-6-8-21(20)18-23)28(31)29-22-11-14-24(15-12-22)36(32,33)30-25-17-19(2)9-16-27(25)34-3/h5-18,26,30H,4H2,1-3H3,(H,29,31). The van der Waals surface area contributed by atoms with E-state index in [9.17, 15) is 13.2 Å². The number of nitrogens with one attached hydrogen (secondary N) is 2. The van der Waals surface area contributed by atoms with Gasteiger partial charge in [-0.15, -0.1) is 0 Å². The first kappa shape index (κ1) is 25.1. The molecule has 0 bridgehead atoms. The summed E-state index contributed by atoms with van der Waals surface area (Å²) in [7, 11) is -2.38. The number of amides is 1. The SMILES string of the molecule is CCC(Oc1ccc2ccccc2c1)C(=O)Nc1ccc(S(=O)(=O)Nc2cc(C)ccc2OC)cc1. The van der Waals surface area contributed by atoms with Crippen LogP contribution in [0, 0.1) is 6.92 Å². The van der Waals surface area contributed by atoms with E-state index in [1.807, 2.05) is 62.4 Å². The molecule has 4 aromatic rings. The van der Waals surface area contributed by atoms with Crippen molar-refractivity contribution in [1.29, 1.82) is 0 Å². The Morgan fingerprint density at radius 2 is 1.64 bits per heavy atom. The molecule has 7 nitrogen and oxygen atoms in total. The lowest BCUT2D eigenvalue weighted by Gasteiger charge is -2.18. The molecule has 36 heavy (non-hydrogen) atoms. The fraction of sp³-hybridized carbons (Fsp3) is 0.179. The largest absolute Gasteiger partial charge is 0.495 e. The Bertz CT molecular complexity index is 1480. The van der Waals surface area contributed by atoms with Gasteiger partial charge in [0.2, 0.25) is 0 Å². The third kappa shape index (κ3) is 5.78. The van der Waals surface area contributed by atoms with E-state index in [0.29, 0.717) is 29.3 Å². The summed E-state index contributed by atoms with van der Waals surface area (Å²) < 4.78 is 39.6. The molecule has 0 radical (unpaired) electrons. The van der Waals surface area contributed by atoms with Crippen molar-refractivity contribution in [2.45, 2.75) is 31.3 Å². The molecule has 0 aliphatic heterocycles. The lowest BCUT2D eigenvalue weighted by Crippen LogP contribution is -2.32. The zero-order valence-corrected chi connectivity index (χ0v) is 21.1.